The highest BCUT2D eigenvalue weighted by atomic mass is 32.2. The molecule has 1 amide bonds. The zero-order valence-corrected chi connectivity index (χ0v) is 14.7. The molecule has 0 fully saturated rings. The highest BCUT2D eigenvalue weighted by molar-refractivity contribution is 7.89. The molecule has 1 rings (SSSR count). The van der Waals surface area contributed by atoms with E-state index in [0.717, 1.165) is 0 Å². The minimum absolute atomic E-state index is 0.138. The van der Waals surface area contributed by atoms with E-state index in [1.54, 1.807) is 33.9 Å². The third kappa shape index (κ3) is 6.55. The molecule has 130 valence electrons. The predicted molar refractivity (Wildman–Crippen MR) is 87.0 cm³/mol. The number of carbonyl (C=O) groups is 1. The second kappa shape index (κ2) is 8.85. The Hall–Kier alpha value is -1.64. The van der Waals surface area contributed by atoms with Gasteiger partial charge in [0.15, 0.2) is 6.61 Å². The predicted octanol–water partition coefficient (Wildman–Crippen LogP) is 0.823. The van der Waals surface area contributed by atoms with Crippen LogP contribution in [-0.2, 0) is 19.6 Å². The summed E-state index contributed by atoms with van der Waals surface area (Å²) in [6, 6.07) is 4.33. The number of sulfonamides is 1. The van der Waals surface area contributed by atoms with Crippen molar-refractivity contribution in [2.75, 3.05) is 26.9 Å². The van der Waals surface area contributed by atoms with Crippen LogP contribution in [-0.4, -0.2) is 47.2 Å². The van der Waals surface area contributed by atoms with Crippen LogP contribution in [0.3, 0.4) is 0 Å². The molecule has 0 aliphatic carbocycles. The second-order valence-corrected chi connectivity index (χ2v) is 7.05. The van der Waals surface area contributed by atoms with E-state index in [2.05, 4.69) is 10.0 Å². The summed E-state index contributed by atoms with van der Waals surface area (Å²) in [6.45, 7) is 5.94. The maximum Gasteiger partial charge on any atom is 0.258 e. The molecule has 1 aromatic rings. The van der Waals surface area contributed by atoms with Crippen molar-refractivity contribution in [3.8, 4) is 5.75 Å². The van der Waals surface area contributed by atoms with Crippen molar-refractivity contribution in [1.82, 2.24) is 10.0 Å². The number of methoxy groups -OCH3 is 1. The molecular formula is C15H24N2O5S. The number of nitrogens with one attached hydrogen (secondary N) is 2. The number of hydrogen-bond donors (Lipinski definition) is 2. The molecule has 0 unspecified atom stereocenters. The van der Waals surface area contributed by atoms with E-state index < -0.39 is 10.0 Å². The van der Waals surface area contributed by atoms with Crippen molar-refractivity contribution in [1.29, 1.82) is 0 Å². The first-order valence-corrected chi connectivity index (χ1v) is 8.76. The lowest BCUT2D eigenvalue weighted by Gasteiger charge is -2.13. The highest BCUT2D eigenvalue weighted by Gasteiger charge is 2.16. The zero-order valence-electron chi connectivity index (χ0n) is 13.9. The molecule has 7 nitrogen and oxygen atoms in total. The quantitative estimate of drug-likeness (QED) is 0.647. The lowest BCUT2D eigenvalue weighted by molar-refractivity contribution is -0.123. The summed E-state index contributed by atoms with van der Waals surface area (Å²) < 4.78 is 36.9. The summed E-state index contributed by atoms with van der Waals surface area (Å²) in [5.41, 5.74) is 0.640. The van der Waals surface area contributed by atoms with Crippen molar-refractivity contribution < 1.29 is 22.7 Å². The number of carbonyl (C=O) groups excluding carboxylic acids is 1. The van der Waals surface area contributed by atoms with Gasteiger partial charge >= 0.3 is 0 Å². The summed E-state index contributed by atoms with van der Waals surface area (Å²) in [5.74, 6) is 0.204. The Morgan fingerprint density at radius 1 is 1.30 bits per heavy atom. The molecular weight excluding hydrogens is 320 g/mol. The largest absolute Gasteiger partial charge is 0.484 e. The van der Waals surface area contributed by atoms with Gasteiger partial charge < -0.3 is 14.8 Å². The lowest BCUT2D eigenvalue weighted by atomic mass is 10.2. The molecule has 0 atom stereocenters. The average molecular weight is 344 g/mol. The Bertz CT molecular complexity index is 629. The van der Waals surface area contributed by atoms with Gasteiger partial charge in [-0.15, -0.1) is 0 Å². The molecule has 2 N–H and O–H groups in total. The summed E-state index contributed by atoms with van der Waals surface area (Å²) in [7, 11) is -1.99. The molecule has 0 saturated carbocycles. The van der Waals surface area contributed by atoms with Crippen molar-refractivity contribution in [3.05, 3.63) is 23.8 Å². The monoisotopic (exact) mass is 344 g/mol. The number of ether oxygens (including phenoxy) is 2. The van der Waals surface area contributed by atoms with Gasteiger partial charge in [-0.3, -0.25) is 4.79 Å². The maximum absolute atomic E-state index is 12.1. The minimum Gasteiger partial charge on any atom is -0.484 e. The van der Waals surface area contributed by atoms with Crippen LogP contribution < -0.4 is 14.8 Å². The molecule has 0 radical (unpaired) electrons. The van der Waals surface area contributed by atoms with Gasteiger partial charge in [-0.1, -0.05) is 0 Å². The normalized spacial score (nSPS) is 11.5. The summed E-state index contributed by atoms with van der Waals surface area (Å²) >= 11 is 0. The third-order valence-electron chi connectivity index (χ3n) is 2.83. The summed E-state index contributed by atoms with van der Waals surface area (Å²) in [5, 5.41) is 2.64. The fourth-order valence-corrected chi connectivity index (χ4v) is 3.15. The topological polar surface area (TPSA) is 93.7 Å². The van der Waals surface area contributed by atoms with Crippen LogP contribution in [0, 0.1) is 6.92 Å². The lowest BCUT2D eigenvalue weighted by Crippen LogP contribution is -2.31. The standard InChI is InChI=1S/C15H24N2O5S/c1-11(2)17-23(19,20)13-5-6-14(12(3)9-13)22-10-15(18)16-7-8-21-4/h5-6,9,11,17H,7-8,10H2,1-4H3,(H,16,18). The maximum atomic E-state index is 12.1. The first-order valence-electron chi connectivity index (χ1n) is 7.27. The first kappa shape index (κ1) is 19.4. The van der Waals surface area contributed by atoms with Crippen molar-refractivity contribution in [2.24, 2.45) is 0 Å². The third-order valence-corrected chi connectivity index (χ3v) is 4.49. The van der Waals surface area contributed by atoms with Crippen LogP contribution in [0.4, 0.5) is 0 Å². The highest BCUT2D eigenvalue weighted by Crippen LogP contribution is 2.21. The Morgan fingerprint density at radius 2 is 2.00 bits per heavy atom. The fraction of sp³-hybridized carbons (Fsp3) is 0.533. The van der Waals surface area contributed by atoms with Gasteiger partial charge in [0.1, 0.15) is 5.75 Å². The molecule has 8 heteroatoms. The van der Waals surface area contributed by atoms with Gasteiger partial charge in [0, 0.05) is 19.7 Å². The average Bonchev–Trinajstić information content (AvgIpc) is 2.44. The number of benzene rings is 1. The van der Waals surface area contributed by atoms with Gasteiger partial charge in [-0.25, -0.2) is 13.1 Å². The van der Waals surface area contributed by atoms with E-state index in [4.69, 9.17) is 9.47 Å². The minimum atomic E-state index is -3.54. The van der Waals surface area contributed by atoms with Crippen LogP contribution in [0.25, 0.3) is 0 Å². The molecule has 0 bridgehead atoms. The van der Waals surface area contributed by atoms with Crippen LogP contribution in [0.5, 0.6) is 5.75 Å². The molecule has 0 aliphatic rings. The SMILES string of the molecule is COCCNC(=O)COc1ccc(S(=O)(=O)NC(C)C)cc1C. The van der Waals surface area contributed by atoms with E-state index in [-0.39, 0.29) is 23.5 Å². The summed E-state index contributed by atoms with van der Waals surface area (Å²) in [6.07, 6.45) is 0. The Morgan fingerprint density at radius 3 is 2.57 bits per heavy atom. The Balaban J connectivity index is 2.68. The molecule has 0 saturated heterocycles. The van der Waals surface area contributed by atoms with Crippen molar-refractivity contribution in [3.63, 3.8) is 0 Å². The van der Waals surface area contributed by atoms with Crippen LogP contribution in [0.2, 0.25) is 0 Å². The molecule has 0 heterocycles. The van der Waals surface area contributed by atoms with E-state index in [1.165, 1.54) is 12.1 Å². The number of hydrogen-bond acceptors (Lipinski definition) is 5. The van der Waals surface area contributed by atoms with Gasteiger partial charge in [0.05, 0.1) is 11.5 Å². The smallest absolute Gasteiger partial charge is 0.258 e. The number of rotatable bonds is 9. The van der Waals surface area contributed by atoms with E-state index in [9.17, 15) is 13.2 Å². The molecule has 0 aromatic heterocycles. The number of aryl methyl sites for hydroxylation is 1. The fourth-order valence-electron chi connectivity index (χ4n) is 1.82. The van der Waals surface area contributed by atoms with Crippen molar-refractivity contribution in [2.45, 2.75) is 31.7 Å². The van der Waals surface area contributed by atoms with Gasteiger partial charge in [0.25, 0.3) is 5.91 Å². The summed E-state index contributed by atoms with van der Waals surface area (Å²) in [4.78, 5) is 11.7. The Labute approximate surface area is 137 Å². The van der Waals surface area contributed by atoms with Crippen LogP contribution in [0.15, 0.2) is 23.1 Å². The van der Waals surface area contributed by atoms with Crippen LogP contribution in [0.1, 0.15) is 19.4 Å². The van der Waals surface area contributed by atoms with Crippen LogP contribution >= 0.6 is 0 Å². The van der Waals surface area contributed by atoms with Gasteiger partial charge in [0.2, 0.25) is 10.0 Å². The van der Waals surface area contributed by atoms with Gasteiger partial charge in [-0.2, -0.15) is 0 Å². The van der Waals surface area contributed by atoms with E-state index >= 15 is 0 Å². The Kier molecular flexibility index (Phi) is 7.47. The zero-order chi connectivity index (χ0) is 17.5. The van der Waals surface area contributed by atoms with E-state index in [0.29, 0.717) is 24.5 Å². The molecule has 0 spiro atoms. The molecule has 0 aliphatic heterocycles. The number of amides is 1. The molecule has 1 aromatic carbocycles. The molecule has 23 heavy (non-hydrogen) atoms. The van der Waals surface area contributed by atoms with Crippen molar-refractivity contribution >= 4 is 15.9 Å². The van der Waals surface area contributed by atoms with E-state index in [1.807, 2.05) is 0 Å². The first-order chi connectivity index (χ1) is 10.8. The van der Waals surface area contributed by atoms with Gasteiger partial charge in [-0.05, 0) is 44.5 Å². The second-order valence-electron chi connectivity index (χ2n) is 5.33.